The molecule has 0 aliphatic heterocycles. The van der Waals surface area contributed by atoms with Crippen molar-refractivity contribution in [2.75, 3.05) is 5.32 Å². The van der Waals surface area contributed by atoms with E-state index in [0.29, 0.717) is 5.56 Å². The quantitative estimate of drug-likeness (QED) is 0.595. The molecule has 1 aromatic carbocycles. The van der Waals surface area contributed by atoms with Gasteiger partial charge >= 0.3 is 6.18 Å². The lowest BCUT2D eigenvalue weighted by Gasteiger charge is -2.17. The van der Waals surface area contributed by atoms with Crippen LogP contribution < -0.4 is 5.32 Å². The maximum atomic E-state index is 13.3. The number of hydrogen-bond donors (Lipinski definition) is 1. The minimum atomic E-state index is -4.53. The molecule has 3 rings (SSSR count). The maximum Gasteiger partial charge on any atom is 0.417 e. The molecule has 0 saturated heterocycles. The minimum absolute atomic E-state index is 0.125. The number of benzene rings is 1. The molecule has 148 valence electrons. The summed E-state index contributed by atoms with van der Waals surface area (Å²) in [4.78, 5) is 16.6. The Bertz CT molecular complexity index is 1010. The molecule has 0 aliphatic rings. The number of anilines is 1. The van der Waals surface area contributed by atoms with Crippen LogP contribution in [-0.2, 0) is 11.0 Å². The second-order valence-corrected chi connectivity index (χ2v) is 7.75. The van der Waals surface area contributed by atoms with Crippen LogP contribution in [0.15, 0.2) is 42.6 Å². The van der Waals surface area contributed by atoms with E-state index < -0.39 is 17.6 Å². The fourth-order valence-electron chi connectivity index (χ4n) is 2.84. The predicted molar refractivity (Wildman–Crippen MR) is 98.3 cm³/mol. The number of hydrogen-bond acceptors (Lipinski definition) is 2. The number of carbonyl (C=O) groups is 1. The van der Waals surface area contributed by atoms with Gasteiger partial charge in [-0.15, -0.1) is 0 Å². The lowest BCUT2D eigenvalue weighted by atomic mass is 9.92. The number of rotatable bonds is 3. The molecule has 0 fully saturated rings. The van der Waals surface area contributed by atoms with Crippen molar-refractivity contribution >= 4 is 17.4 Å². The van der Waals surface area contributed by atoms with Crippen molar-refractivity contribution < 1.29 is 22.4 Å². The summed E-state index contributed by atoms with van der Waals surface area (Å²) in [5.41, 5.74) is -0.211. The summed E-state index contributed by atoms with van der Waals surface area (Å²) in [7, 11) is 0. The van der Waals surface area contributed by atoms with Crippen molar-refractivity contribution in [3.05, 3.63) is 54.0 Å². The van der Waals surface area contributed by atoms with E-state index in [9.17, 15) is 22.4 Å². The molecule has 3 aromatic rings. The van der Waals surface area contributed by atoms with E-state index in [-0.39, 0.29) is 34.9 Å². The molecule has 1 N–H and O–H groups in total. The van der Waals surface area contributed by atoms with Gasteiger partial charge in [-0.1, -0.05) is 20.8 Å². The third-order valence-corrected chi connectivity index (χ3v) is 4.01. The van der Waals surface area contributed by atoms with Crippen LogP contribution in [0.3, 0.4) is 0 Å². The van der Waals surface area contributed by atoms with Gasteiger partial charge in [-0.05, 0) is 41.8 Å². The molecule has 0 saturated carbocycles. The molecule has 0 atom stereocenters. The zero-order valence-electron chi connectivity index (χ0n) is 15.6. The maximum absolute atomic E-state index is 13.3. The summed E-state index contributed by atoms with van der Waals surface area (Å²) in [6.45, 7) is 5.69. The largest absolute Gasteiger partial charge is 0.417 e. The minimum Gasteiger partial charge on any atom is -0.309 e. The number of carbonyl (C=O) groups excluding carboxylic acids is 1. The first-order valence-electron chi connectivity index (χ1n) is 8.59. The Morgan fingerprint density at radius 2 is 1.71 bits per heavy atom. The highest BCUT2D eigenvalue weighted by molar-refractivity contribution is 5.94. The first-order chi connectivity index (χ1) is 12.9. The van der Waals surface area contributed by atoms with Crippen molar-refractivity contribution in [3.8, 4) is 11.3 Å². The highest BCUT2D eigenvalue weighted by atomic mass is 19.4. The van der Waals surface area contributed by atoms with Crippen molar-refractivity contribution in [1.29, 1.82) is 0 Å². The Morgan fingerprint density at radius 1 is 1.07 bits per heavy atom. The molecule has 2 aromatic heterocycles. The molecule has 1 amide bonds. The van der Waals surface area contributed by atoms with E-state index in [1.807, 2.05) is 20.8 Å². The number of pyridine rings is 1. The Morgan fingerprint density at radius 3 is 2.29 bits per heavy atom. The Kier molecular flexibility index (Phi) is 4.91. The van der Waals surface area contributed by atoms with Gasteiger partial charge in [-0.3, -0.25) is 9.20 Å². The topological polar surface area (TPSA) is 46.4 Å². The zero-order valence-corrected chi connectivity index (χ0v) is 15.6. The van der Waals surface area contributed by atoms with E-state index in [2.05, 4.69) is 10.3 Å². The van der Waals surface area contributed by atoms with Gasteiger partial charge in [0, 0.05) is 18.2 Å². The third-order valence-electron chi connectivity index (χ3n) is 4.01. The van der Waals surface area contributed by atoms with Crippen molar-refractivity contribution in [2.45, 2.75) is 33.4 Å². The molecule has 0 radical (unpaired) electrons. The van der Waals surface area contributed by atoms with Crippen LogP contribution in [0.5, 0.6) is 0 Å². The van der Waals surface area contributed by atoms with Crippen LogP contribution >= 0.6 is 0 Å². The van der Waals surface area contributed by atoms with Crippen LogP contribution in [0.2, 0.25) is 0 Å². The fourth-order valence-corrected chi connectivity index (χ4v) is 2.84. The summed E-state index contributed by atoms with van der Waals surface area (Å²) < 4.78 is 54.0. The van der Waals surface area contributed by atoms with E-state index in [1.165, 1.54) is 34.7 Å². The van der Waals surface area contributed by atoms with Gasteiger partial charge in [0.2, 0.25) is 5.91 Å². The van der Waals surface area contributed by atoms with Gasteiger partial charge in [-0.25, -0.2) is 9.37 Å². The number of fused-ring (bicyclic) bond motifs is 1. The molecule has 28 heavy (non-hydrogen) atoms. The van der Waals surface area contributed by atoms with E-state index in [4.69, 9.17) is 0 Å². The Hall–Kier alpha value is -2.90. The van der Waals surface area contributed by atoms with Crippen molar-refractivity contribution in [2.24, 2.45) is 5.41 Å². The lowest BCUT2D eigenvalue weighted by molar-refractivity contribution is -0.137. The van der Waals surface area contributed by atoms with Gasteiger partial charge in [0.1, 0.15) is 11.5 Å². The van der Waals surface area contributed by atoms with E-state index >= 15 is 0 Å². The third kappa shape index (κ3) is 4.32. The van der Waals surface area contributed by atoms with Crippen LogP contribution in [0.25, 0.3) is 16.9 Å². The molecule has 2 heterocycles. The number of halogens is 4. The molecule has 0 spiro atoms. The number of nitrogens with one attached hydrogen (secondary N) is 1. The normalized spacial score (nSPS) is 12.4. The van der Waals surface area contributed by atoms with Gasteiger partial charge in [0.05, 0.1) is 11.3 Å². The standard InChI is InChI=1S/C20H19F4N3O/c1-19(2,3)10-16(28)26-18-17(12-4-7-14(21)8-5-12)27-11-13(20(22,23)24)6-9-15(27)25-18/h4-9,11H,10H2,1-3H3,(H,26,28). The number of amides is 1. The number of alkyl halides is 3. The lowest BCUT2D eigenvalue weighted by Crippen LogP contribution is -2.20. The second kappa shape index (κ2) is 6.92. The molecule has 4 nitrogen and oxygen atoms in total. The zero-order chi connectivity index (χ0) is 20.7. The molecule has 0 aliphatic carbocycles. The van der Waals surface area contributed by atoms with Crippen LogP contribution in [0.1, 0.15) is 32.8 Å². The molecule has 0 bridgehead atoms. The first kappa shape index (κ1) is 19.9. The summed E-state index contributed by atoms with van der Waals surface area (Å²) in [5, 5.41) is 2.68. The van der Waals surface area contributed by atoms with Crippen LogP contribution in [0, 0.1) is 11.2 Å². The molecule has 0 unspecified atom stereocenters. The van der Waals surface area contributed by atoms with E-state index in [1.54, 1.807) is 0 Å². The number of aromatic nitrogens is 2. The first-order valence-corrected chi connectivity index (χ1v) is 8.59. The Balaban J connectivity index is 2.15. The average molecular weight is 393 g/mol. The van der Waals surface area contributed by atoms with Gasteiger partial charge < -0.3 is 5.32 Å². The monoisotopic (exact) mass is 393 g/mol. The van der Waals surface area contributed by atoms with Gasteiger partial charge in [0.15, 0.2) is 5.82 Å². The fraction of sp³-hybridized carbons (Fsp3) is 0.300. The summed E-state index contributed by atoms with van der Waals surface area (Å²) in [6, 6.07) is 7.41. The Labute approximate surface area is 159 Å². The SMILES string of the molecule is CC(C)(C)CC(=O)Nc1nc2ccc(C(F)(F)F)cn2c1-c1ccc(F)cc1. The number of nitrogens with zero attached hydrogens (tertiary/aromatic N) is 2. The molecular weight excluding hydrogens is 374 g/mol. The smallest absolute Gasteiger partial charge is 0.309 e. The molecule has 8 heteroatoms. The highest BCUT2D eigenvalue weighted by Gasteiger charge is 2.31. The summed E-state index contributed by atoms with van der Waals surface area (Å²) in [5.74, 6) is -0.664. The van der Waals surface area contributed by atoms with Crippen molar-refractivity contribution in [3.63, 3.8) is 0 Å². The molecular formula is C20H19F4N3O. The predicted octanol–water partition coefficient (Wildman–Crippen LogP) is 5.53. The highest BCUT2D eigenvalue weighted by Crippen LogP contribution is 2.34. The van der Waals surface area contributed by atoms with Gasteiger partial charge in [-0.2, -0.15) is 13.2 Å². The van der Waals surface area contributed by atoms with Gasteiger partial charge in [0.25, 0.3) is 0 Å². The summed E-state index contributed by atoms with van der Waals surface area (Å²) in [6.07, 6.45) is -3.41. The summed E-state index contributed by atoms with van der Waals surface area (Å²) >= 11 is 0. The van der Waals surface area contributed by atoms with E-state index in [0.717, 1.165) is 12.3 Å². The number of imidazole rings is 1. The van der Waals surface area contributed by atoms with Crippen LogP contribution in [0.4, 0.5) is 23.4 Å². The van der Waals surface area contributed by atoms with Crippen molar-refractivity contribution in [1.82, 2.24) is 9.38 Å². The second-order valence-electron chi connectivity index (χ2n) is 7.75. The average Bonchev–Trinajstić information content (AvgIpc) is 2.89. The van der Waals surface area contributed by atoms with Crippen LogP contribution in [-0.4, -0.2) is 15.3 Å².